The number of fused-ring (bicyclic) bond motifs is 1. The van der Waals surface area contributed by atoms with Crippen LogP contribution >= 0.6 is 23.1 Å². The van der Waals surface area contributed by atoms with E-state index in [0.717, 1.165) is 37.1 Å². The number of rotatable bonds is 5. The van der Waals surface area contributed by atoms with Gasteiger partial charge in [0.05, 0.1) is 22.6 Å². The Morgan fingerprint density at radius 1 is 1.36 bits per heavy atom. The summed E-state index contributed by atoms with van der Waals surface area (Å²) in [5.41, 5.74) is 4.03. The zero-order valence-corrected chi connectivity index (χ0v) is 17.8. The van der Waals surface area contributed by atoms with Crippen LogP contribution in [0.4, 0.5) is 0 Å². The molecule has 2 aliphatic rings. The fourth-order valence-electron chi connectivity index (χ4n) is 3.92. The Hall–Kier alpha value is -1.67. The lowest BCUT2D eigenvalue weighted by atomic mass is 9.90. The Bertz CT molecular complexity index is 923. The second-order valence-corrected chi connectivity index (χ2v) is 9.34. The van der Waals surface area contributed by atoms with E-state index in [-0.39, 0.29) is 11.7 Å². The molecule has 2 aromatic rings. The summed E-state index contributed by atoms with van der Waals surface area (Å²) in [6, 6.07) is 8.61. The monoisotopic (exact) mass is 417 g/mol. The number of hydrogen-bond donors (Lipinski definition) is 0. The van der Waals surface area contributed by atoms with Gasteiger partial charge in [0, 0.05) is 30.9 Å². The van der Waals surface area contributed by atoms with Crippen LogP contribution in [0.2, 0.25) is 0 Å². The second kappa shape index (κ2) is 7.99. The molecule has 0 radical (unpaired) electrons. The van der Waals surface area contributed by atoms with Gasteiger partial charge in [-0.1, -0.05) is 23.0 Å². The van der Waals surface area contributed by atoms with Gasteiger partial charge in [0.15, 0.2) is 0 Å². The van der Waals surface area contributed by atoms with E-state index >= 15 is 0 Å². The summed E-state index contributed by atoms with van der Waals surface area (Å²) in [7, 11) is 1.77. The molecule has 7 heteroatoms. The van der Waals surface area contributed by atoms with E-state index in [1.54, 1.807) is 30.2 Å². The lowest BCUT2D eigenvalue weighted by molar-refractivity contribution is -0.140. The third-order valence-electron chi connectivity index (χ3n) is 5.45. The molecular formula is C21H23NO4S2. The van der Waals surface area contributed by atoms with Gasteiger partial charge in [0.25, 0.3) is 0 Å². The number of carbonyl (C=O) groups is 1. The van der Waals surface area contributed by atoms with E-state index in [9.17, 15) is 4.79 Å². The highest BCUT2D eigenvalue weighted by atomic mass is 32.2. The van der Waals surface area contributed by atoms with Crippen LogP contribution < -0.4 is 0 Å². The van der Waals surface area contributed by atoms with Crippen LogP contribution in [0, 0.1) is 0 Å². The highest BCUT2D eigenvalue weighted by Crippen LogP contribution is 2.44. The minimum Gasteiger partial charge on any atom is -0.375 e. The molecule has 2 atom stereocenters. The Morgan fingerprint density at radius 2 is 2.21 bits per heavy atom. The number of carbonyl (C=O) groups excluding carboxylic acids is 1. The van der Waals surface area contributed by atoms with Crippen LogP contribution in [0.15, 0.2) is 43.9 Å². The number of hydrogen-bond acceptors (Lipinski definition) is 7. The van der Waals surface area contributed by atoms with Crippen molar-refractivity contribution in [2.45, 2.75) is 53.9 Å². The van der Waals surface area contributed by atoms with E-state index in [0.29, 0.717) is 0 Å². The van der Waals surface area contributed by atoms with Crippen LogP contribution in [0.3, 0.4) is 0 Å². The topological polar surface area (TPSA) is 57.1 Å². The summed E-state index contributed by atoms with van der Waals surface area (Å²) in [6.07, 6.45) is 2.66. The lowest BCUT2D eigenvalue weighted by Crippen LogP contribution is -2.35. The molecule has 0 saturated carbocycles. The molecule has 0 amide bonds. The third-order valence-corrected chi connectivity index (χ3v) is 7.52. The maximum Gasteiger partial charge on any atom is 0.331 e. The van der Waals surface area contributed by atoms with Crippen molar-refractivity contribution in [3.63, 3.8) is 0 Å². The average Bonchev–Trinajstić information content (AvgIpc) is 3.39. The molecule has 1 aliphatic heterocycles. The SMILES string of the molecule is CO[C@]1(c2csc(Sc3ccc4c(c3)CCC4=NOC(C)=O)c2)CCO[C@@H]1C. The largest absolute Gasteiger partial charge is 0.375 e. The lowest BCUT2D eigenvalue weighted by Gasteiger charge is -2.30. The van der Waals surface area contributed by atoms with Crippen molar-refractivity contribution in [3.8, 4) is 0 Å². The van der Waals surface area contributed by atoms with E-state index < -0.39 is 5.97 Å². The van der Waals surface area contributed by atoms with Gasteiger partial charge < -0.3 is 14.3 Å². The Balaban J connectivity index is 1.51. The molecule has 0 spiro atoms. The normalized spacial score (nSPS) is 25.2. The van der Waals surface area contributed by atoms with Crippen molar-refractivity contribution in [1.82, 2.24) is 0 Å². The van der Waals surface area contributed by atoms with Crippen LogP contribution in [0.1, 0.15) is 43.4 Å². The fourth-order valence-corrected chi connectivity index (χ4v) is 6.01. The summed E-state index contributed by atoms with van der Waals surface area (Å²) in [5.74, 6) is -0.391. The summed E-state index contributed by atoms with van der Waals surface area (Å²) in [4.78, 5) is 17.0. The van der Waals surface area contributed by atoms with Gasteiger partial charge in [0.2, 0.25) is 0 Å². The molecular weight excluding hydrogens is 394 g/mol. The molecule has 1 fully saturated rings. The molecule has 5 nitrogen and oxygen atoms in total. The van der Waals surface area contributed by atoms with Gasteiger partial charge in [-0.3, -0.25) is 0 Å². The molecule has 1 aromatic carbocycles. The summed E-state index contributed by atoms with van der Waals surface area (Å²) >= 11 is 3.50. The quantitative estimate of drug-likeness (QED) is 0.518. The maximum absolute atomic E-state index is 11.0. The van der Waals surface area contributed by atoms with Crippen LogP contribution in [-0.4, -0.2) is 31.5 Å². The minimum atomic E-state index is -0.391. The van der Waals surface area contributed by atoms with Gasteiger partial charge in [-0.25, -0.2) is 4.79 Å². The van der Waals surface area contributed by atoms with Crippen LogP contribution in [-0.2, 0) is 31.1 Å². The smallest absolute Gasteiger partial charge is 0.331 e. The molecule has 1 aromatic heterocycles. The number of benzene rings is 1. The molecule has 2 heterocycles. The van der Waals surface area contributed by atoms with Crippen molar-refractivity contribution >= 4 is 34.8 Å². The van der Waals surface area contributed by atoms with Crippen molar-refractivity contribution in [2.24, 2.45) is 5.16 Å². The highest BCUT2D eigenvalue weighted by molar-refractivity contribution is 8.01. The zero-order chi connectivity index (χ0) is 19.7. The number of oxime groups is 1. The number of nitrogens with zero attached hydrogens (tertiary/aromatic N) is 1. The Kier molecular flexibility index (Phi) is 5.60. The van der Waals surface area contributed by atoms with E-state index in [4.69, 9.17) is 14.3 Å². The summed E-state index contributed by atoms with van der Waals surface area (Å²) in [6.45, 7) is 4.17. The molecule has 0 unspecified atom stereocenters. The van der Waals surface area contributed by atoms with E-state index in [2.05, 4.69) is 41.7 Å². The molecule has 148 valence electrons. The molecule has 1 saturated heterocycles. The molecule has 0 N–H and O–H groups in total. The predicted molar refractivity (Wildman–Crippen MR) is 110 cm³/mol. The average molecular weight is 418 g/mol. The van der Waals surface area contributed by atoms with Gasteiger partial charge in [-0.2, -0.15) is 0 Å². The molecule has 1 aliphatic carbocycles. The standard InChI is InChI=1S/C21H23NO4S2/c1-13-21(24-3,8-9-25-13)16-11-20(27-12-16)28-17-5-6-18-15(10-17)4-7-19(18)22-26-14(2)23/h5-6,10-13H,4,7-9H2,1-3H3/t13-,21-/m1/s1. The van der Waals surface area contributed by atoms with E-state index in [1.165, 1.54) is 27.2 Å². The number of methoxy groups -OCH3 is 1. The summed E-state index contributed by atoms with van der Waals surface area (Å²) in [5, 5.41) is 6.17. The maximum atomic E-state index is 11.0. The van der Waals surface area contributed by atoms with Crippen molar-refractivity contribution in [3.05, 3.63) is 46.3 Å². The van der Waals surface area contributed by atoms with Crippen molar-refractivity contribution < 1.29 is 19.1 Å². The number of thiophene rings is 1. The van der Waals surface area contributed by atoms with Gasteiger partial charge in [-0.05, 0) is 54.5 Å². The minimum absolute atomic E-state index is 0.0554. The second-order valence-electron chi connectivity index (χ2n) is 7.05. The van der Waals surface area contributed by atoms with Crippen LogP contribution in [0.25, 0.3) is 0 Å². The summed E-state index contributed by atoms with van der Waals surface area (Å²) < 4.78 is 12.9. The first-order valence-corrected chi connectivity index (χ1v) is 11.0. The first kappa shape index (κ1) is 19.6. The Labute approximate surface area is 173 Å². The third kappa shape index (κ3) is 3.64. The number of aryl methyl sites for hydroxylation is 1. The highest BCUT2D eigenvalue weighted by Gasteiger charge is 2.44. The molecule has 28 heavy (non-hydrogen) atoms. The first-order valence-electron chi connectivity index (χ1n) is 9.33. The fraction of sp³-hybridized carbons (Fsp3) is 0.429. The van der Waals surface area contributed by atoms with Gasteiger partial charge in [0.1, 0.15) is 5.60 Å². The van der Waals surface area contributed by atoms with Crippen molar-refractivity contribution in [2.75, 3.05) is 13.7 Å². The molecule has 4 rings (SSSR count). The zero-order valence-electron chi connectivity index (χ0n) is 16.2. The Morgan fingerprint density at radius 3 is 2.93 bits per heavy atom. The van der Waals surface area contributed by atoms with E-state index in [1.807, 2.05) is 0 Å². The van der Waals surface area contributed by atoms with Gasteiger partial charge in [-0.15, -0.1) is 11.3 Å². The first-order chi connectivity index (χ1) is 13.5. The number of ether oxygens (including phenoxy) is 2. The van der Waals surface area contributed by atoms with Crippen molar-refractivity contribution in [1.29, 1.82) is 0 Å². The van der Waals surface area contributed by atoms with Crippen LogP contribution in [0.5, 0.6) is 0 Å². The van der Waals surface area contributed by atoms with Gasteiger partial charge >= 0.3 is 5.97 Å². The molecule has 0 bridgehead atoms. The predicted octanol–water partition coefficient (Wildman–Crippen LogP) is 4.76.